The molecule has 3 aliphatic rings. The molecule has 4 bridgehead atoms. The number of rotatable bonds is 2. The van der Waals surface area contributed by atoms with E-state index in [1.165, 1.54) is 31.2 Å². The van der Waals surface area contributed by atoms with Crippen molar-refractivity contribution in [3.8, 4) is 0 Å². The Hall–Kier alpha value is -5.58. The molecule has 0 saturated carbocycles. The zero-order valence-electron chi connectivity index (χ0n) is 23.4. The van der Waals surface area contributed by atoms with Crippen LogP contribution in [0.5, 0.6) is 0 Å². The van der Waals surface area contributed by atoms with Gasteiger partial charge in [-0.2, -0.15) is 9.97 Å². The Morgan fingerprint density at radius 2 is 1.17 bits per heavy atom. The second kappa shape index (κ2) is 9.46. The third-order valence-corrected chi connectivity index (χ3v) is 8.67. The van der Waals surface area contributed by atoms with E-state index in [0.717, 1.165) is 0 Å². The van der Waals surface area contributed by atoms with Crippen LogP contribution in [0.25, 0.3) is 22.3 Å². The van der Waals surface area contributed by atoms with Gasteiger partial charge in [-0.25, -0.2) is 19.3 Å². The highest BCUT2D eigenvalue weighted by molar-refractivity contribution is 5.71. The summed E-state index contributed by atoms with van der Waals surface area (Å²) in [4.78, 5) is 46.2. The van der Waals surface area contributed by atoms with E-state index in [1.807, 2.05) is 0 Å². The Balaban J connectivity index is 1.09. The average Bonchev–Trinajstić information content (AvgIpc) is 3.84. The number of H-pyrrole nitrogens is 2. The number of hydrogen-bond donors (Lipinski definition) is 6. The molecule has 46 heavy (non-hydrogen) atoms. The van der Waals surface area contributed by atoms with Crippen LogP contribution in [-0.4, -0.2) is 104 Å². The number of nitrogens with two attached hydrogens (primary N) is 2. The zero-order valence-corrected chi connectivity index (χ0v) is 23.4. The number of nitrogens with one attached hydrogen (secondary N) is 2. The molecule has 0 amide bonds. The molecule has 6 aromatic rings. The predicted octanol–water partition coefficient (Wildman–Crippen LogP) is -3.30. The summed E-state index contributed by atoms with van der Waals surface area (Å²) >= 11 is 0. The minimum Gasteiger partial charge on any atom is -0.386 e. The summed E-state index contributed by atoms with van der Waals surface area (Å²) in [6.07, 6.45) is 0.690. The monoisotopic (exact) mass is 632 g/mol. The fourth-order valence-electron chi connectivity index (χ4n) is 6.69. The fraction of sp³-hybridized carbons (Fsp3) is 0.417. The molecule has 22 nitrogen and oxygen atoms in total. The molecule has 9 rings (SSSR count). The number of aliphatic hydroxyl groups is 2. The van der Waals surface area contributed by atoms with E-state index in [9.17, 15) is 19.8 Å². The summed E-state index contributed by atoms with van der Waals surface area (Å²) in [7, 11) is 0. The van der Waals surface area contributed by atoms with Gasteiger partial charge in [-0.3, -0.25) is 28.7 Å². The van der Waals surface area contributed by atoms with Crippen molar-refractivity contribution in [3.05, 3.63) is 57.1 Å². The number of hydrogen-bond acceptors (Lipinski definition) is 16. The van der Waals surface area contributed by atoms with E-state index in [0.29, 0.717) is 11.4 Å². The third kappa shape index (κ3) is 3.84. The van der Waals surface area contributed by atoms with Crippen molar-refractivity contribution in [3.63, 3.8) is 0 Å². The third-order valence-electron chi connectivity index (χ3n) is 8.67. The molecule has 0 spiro atoms. The van der Waals surface area contributed by atoms with Crippen LogP contribution in [0, 0.1) is 0 Å². The highest BCUT2D eigenvalue weighted by atomic mass is 16.5. The van der Waals surface area contributed by atoms with Gasteiger partial charge in [0.25, 0.3) is 11.1 Å². The second-order valence-electron chi connectivity index (χ2n) is 11.4. The summed E-state index contributed by atoms with van der Waals surface area (Å²) in [5.41, 5.74) is 11.9. The van der Waals surface area contributed by atoms with Crippen LogP contribution in [0.1, 0.15) is 35.9 Å². The lowest BCUT2D eigenvalue weighted by Gasteiger charge is -2.21. The van der Waals surface area contributed by atoms with E-state index in [-0.39, 0.29) is 47.1 Å². The number of nitrogen functional groups attached to an aromatic ring is 2. The highest BCUT2D eigenvalue weighted by Gasteiger charge is 2.50. The summed E-state index contributed by atoms with van der Waals surface area (Å²) in [6.45, 7) is 0. The number of fused-ring (bicyclic) bond motifs is 10. The molecule has 3 aliphatic heterocycles. The molecule has 0 aliphatic carbocycles. The van der Waals surface area contributed by atoms with Crippen LogP contribution in [0.3, 0.4) is 0 Å². The van der Waals surface area contributed by atoms with Crippen molar-refractivity contribution in [2.45, 2.75) is 61.8 Å². The maximum Gasteiger partial charge on any atom is 0.280 e. The normalized spacial score (nSPS) is 29.1. The molecule has 2 saturated heterocycles. The largest absolute Gasteiger partial charge is 0.386 e. The first-order valence-electron chi connectivity index (χ1n) is 14.2. The zero-order chi connectivity index (χ0) is 31.4. The smallest absolute Gasteiger partial charge is 0.280 e. The standard InChI is InChI=1S/C24H24N16O6/c25-23-29-17-11(19(43)31-23)27-5-37(17)21-15(41)13-9(45-21)1-7-3-39(35-33-7)14-10(2-8-4-40(13)36-34-8)46-22(16(14)42)38-6-28-12-18(38)30-24(26)32-20(12)44/h3-6,9-10,13-16,21-22,41-42H,1-2H2,(H3,25,29,31,43)(H3,26,30,32,44)/t9?,10?,13-,14-,15-,16-,21?,22?/m1/s1. The molecule has 9 heterocycles. The van der Waals surface area contributed by atoms with Gasteiger partial charge in [-0.05, 0) is 0 Å². The Kier molecular flexibility index (Phi) is 5.51. The molecule has 0 aromatic carbocycles. The Morgan fingerprint density at radius 3 is 1.61 bits per heavy atom. The summed E-state index contributed by atoms with van der Waals surface area (Å²) < 4.78 is 18.7. The molecular formula is C24H24N16O6. The molecule has 22 heteroatoms. The Morgan fingerprint density at radius 1 is 0.739 bits per heavy atom. The van der Waals surface area contributed by atoms with Crippen molar-refractivity contribution in [1.29, 1.82) is 0 Å². The van der Waals surface area contributed by atoms with Crippen LogP contribution in [0.2, 0.25) is 0 Å². The summed E-state index contributed by atoms with van der Waals surface area (Å²) in [5.74, 6) is -0.216. The first kappa shape index (κ1) is 26.8. The average molecular weight is 633 g/mol. The molecule has 236 valence electrons. The van der Waals surface area contributed by atoms with Crippen molar-refractivity contribution in [2.24, 2.45) is 0 Å². The van der Waals surface area contributed by atoms with E-state index in [1.54, 1.807) is 12.4 Å². The van der Waals surface area contributed by atoms with Crippen LogP contribution >= 0.6 is 0 Å². The number of nitrogens with zero attached hydrogens (tertiary/aromatic N) is 12. The Labute approximate surface area is 253 Å². The first-order chi connectivity index (χ1) is 22.2. The number of ether oxygens (including phenoxy) is 2. The minimum atomic E-state index is -1.18. The molecule has 0 radical (unpaired) electrons. The summed E-state index contributed by atoms with van der Waals surface area (Å²) in [5, 5.41) is 40.5. The van der Waals surface area contributed by atoms with Crippen LogP contribution in [0.15, 0.2) is 34.6 Å². The van der Waals surface area contributed by atoms with Crippen LogP contribution < -0.4 is 22.6 Å². The van der Waals surface area contributed by atoms with Gasteiger partial charge in [0.1, 0.15) is 24.3 Å². The lowest BCUT2D eigenvalue weighted by molar-refractivity contribution is -0.0347. The predicted molar refractivity (Wildman–Crippen MR) is 150 cm³/mol. The van der Waals surface area contributed by atoms with Crippen molar-refractivity contribution < 1.29 is 19.7 Å². The van der Waals surface area contributed by atoms with Gasteiger partial charge in [0.2, 0.25) is 11.9 Å². The molecular weight excluding hydrogens is 608 g/mol. The van der Waals surface area contributed by atoms with Crippen LogP contribution in [0.4, 0.5) is 11.9 Å². The van der Waals surface area contributed by atoms with E-state index >= 15 is 0 Å². The SMILES string of the molecule is Nc1nc2c(ncn2C2OC3Cc4cn(nn4)[C@@H]4C(Cc5cn(nn5)[C@H]3[C@H]2O)OC(n2cnc3c(=O)[nH]c(N)nc32)[C@@H]4O)c(=O)[nH]1. The Bertz CT molecular complexity index is 2110. The maximum atomic E-state index is 12.4. The molecule has 2 fully saturated rings. The quantitative estimate of drug-likeness (QED) is 0.109. The molecule has 6 aromatic heterocycles. The highest BCUT2D eigenvalue weighted by Crippen LogP contribution is 2.42. The van der Waals surface area contributed by atoms with E-state index < -0.39 is 60.1 Å². The number of aliphatic hydroxyl groups excluding tert-OH is 2. The van der Waals surface area contributed by atoms with Gasteiger partial charge in [0, 0.05) is 25.2 Å². The van der Waals surface area contributed by atoms with Gasteiger partial charge in [-0.15, -0.1) is 10.2 Å². The lowest BCUT2D eigenvalue weighted by Crippen LogP contribution is -2.32. The van der Waals surface area contributed by atoms with Crippen molar-refractivity contribution >= 4 is 34.2 Å². The van der Waals surface area contributed by atoms with Crippen molar-refractivity contribution in [2.75, 3.05) is 11.5 Å². The fourth-order valence-corrected chi connectivity index (χ4v) is 6.69. The van der Waals surface area contributed by atoms with Gasteiger partial charge in [-0.1, -0.05) is 10.4 Å². The molecule has 8 atom stereocenters. The minimum absolute atomic E-state index is 0.0417. The molecule has 4 unspecified atom stereocenters. The van der Waals surface area contributed by atoms with E-state index in [2.05, 4.69) is 50.5 Å². The number of aromatic nitrogens is 14. The summed E-state index contributed by atoms with van der Waals surface area (Å²) in [6, 6.07) is -1.48. The second-order valence-corrected chi connectivity index (χ2v) is 11.4. The lowest BCUT2D eigenvalue weighted by atomic mass is 10.0. The van der Waals surface area contributed by atoms with Crippen LogP contribution in [-0.2, 0) is 22.3 Å². The van der Waals surface area contributed by atoms with Gasteiger partial charge >= 0.3 is 0 Å². The number of imidazole rings is 2. The number of aromatic amines is 2. The molecule has 8 N–H and O–H groups in total. The van der Waals surface area contributed by atoms with Crippen molar-refractivity contribution in [1.82, 2.24) is 69.0 Å². The van der Waals surface area contributed by atoms with E-state index in [4.69, 9.17) is 20.9 Å². The van der Waals surface area contributed by atoms with Gasteiger partial charge in [0.05, 0.1) is 36.3 Å². The van der Waals surface area contributed by atoms with Gasteiger partial charge in [0.15, 0.2) is 34.8 Å². The first-order valence-corrected chi connectivity index (χ1v) is 14.2. The van der Waals surface area contributed by atoms with Gasteiger partial charge < -0.3 is 31.2 Å². The topological polar surface area (TPSA) is 300 Å². The number of anilines is 2. The maximum absolute atomic E-state index is 12.4.